The van der Waals surface area contributed by atoms with Crippen LogP contribution in [0.25, 0.3) is 0 Å². The number of carbonyl (C=O) groups is 1. The first kappa shape index (κ1) is 16.6. The molecule has 1 aliphatic heterocycles. The monoisotopic (exact) mass is 330 g/mol. The van der Waals surface area contributed by atoms with Gasteiger partial charge in [0.1, 0.15) is 0 Å². The molecule has 2 unspecified atom stereocenters. The number of hydrogen-bond donors (Lipinski definition) is 3. The maximum Gasteiger partial charge on any atom is 0.237 e. The highest BCUT2D eigenvalue weighted by atomic mass is 35.5. The number of aliphatic hydroxyl groups excluding tert-OH is 1. The minimum atomic E-state index is -0.441. The Bertz CT molecular complexity index is 534. The van der Waals surface area contributed by atoms with Crippen LogP contribution in [0.3, 0.4) is 0 Å². The molecule has 21 heavy (non-hydrogen) atoms. The van der Waals surface area contributed by atoms with E-state index in [0.29, 0.717) is 29.6 Å². The van der Waals surface area contributed by atoms with Crippen LogP contribution in [0.5, 0.6) is 0 Å². The van der Waals surface area contributed by atoms with Gasteiger partial charge in [-0.25, -0.2) is 0 Å². The van der Waals surface area contributed by atoms with E-state index < -0.39 is 6.10 Å². The van der Waals surface area contributed by atoms with Crippen molar-refractivity contribution in [2.45, 2.75) is 37.8 Å². The fraction of sp³-hybridized carbons (Fsp3) is 0.533. The number of nitrogens with one attached hydrogen (secondary N) is 2. The van der Waals surface area contributed by atoms with Gasteiger partial charge in [0.2, 0.25) is 5.91 Å². The van der Waals surface area contributed by atoms with Gasteiger partial charge in [-0.15, -0.1) is 0 Å². The van der Waals surface area contributed by atoms with E-state index in [-0.39, 0.29) is 17.4 Å². The van der Waals surface area contributed by atoms with Crippen LogP contribution in [0.4, 0.5) is 0 Å². The third-order valence-corrected chi connectivity index (χ3v) is 4.57. The molecule has 2 atom stereocenters. The Hall–Kier alpha value is -0.810. The molecule has 4 nitrogen and oxygen atoms in total. The topological polar surface area (TPSA) is 61.4 Å². The van der Waals surface area contributed by atoms with Crippen molar-refractivity contribution in [2.75, 3.05) is 13.1 Å². The van der Waals surface area contributed by atoms with Gasteiger partial charge >= 0.3 is 0 Å². The van der Waals surface area contributed by atoms with Crippen LogP contribution in [0, 0.1) is 0 Å². The van der Waals surface area contributed by atoms with Crippen LogP contribution in [-0.4, -0.2) is 36.2 Å². The number of hydrogen-bond acceptors (Lipinski definition) is 3. The fourth-order valence-electron chi connectivity index (χ4n) is 2.37. The van der Waals surface area contributed by atoms with E-state index >= 15 is 0 Å². The summed E-state index contributed by atoms with van der Waals surface area (Å²) in [5, 5.41) is 16.4. The summed E-state index contributed by atoms with van der Waals surface area (Å²) in [6, 6.07) is 5.19. The van der Waals surface area contributed by atoms with Gasteiger partial charge in [-0.1, -0.05) is 43.1 Å². The second kappa shape index (κ2) is 6.53. The molecule has 0 bridgehead atoms. The van der Waals surface area contributed by atoms with Gasteiger partial charge < -0.3 is 15.7 Å². The van der Waals surface area contributed by atoms with E-state index in [1.165, 1.54) is 0 Å². The number of aliphatic hydroxyl groups is 1. The minimum absolute atomic E-state index is 0.0836. The summed E-state index contributed by atoms with van der Waals surface area (Å²) in [6.07, 6.45) is 0.0165. The van der Waals surface area contributed by atoms with Crippen LogP contribution in [0.1, 0.15) is 25.8 Å². The maximum absolute atomic E-state index is 12.1. The largest absolute Gasteiger partial charge is 0.392 e. The number of halogens is 2. The molecule has 0 aliphatic carbocycles. The van der Waals surface area contributed by atoms with E-state index in [2.05, 4.69) is 10.6 Å². The van der Waals surface area contributed by atoms with Gasteiger partial charge in [-0.2, -0.15) is 0 Å². The summed E-state index contributed by atoms with van der Waals surface area (Å²) in [7, 11) is 0. The summed E-state index contributed by atoms with van der Waals surface area (Å²) >= 11 is 12.0. The van der Waals surface area contributed by atoms with Gasteiger partial charge in [-0.3, -0.25) is 4.79 Å². The van der Waals surface area contributed by atoms with Crippen molar-refractivity contribution in [1.82, 2.24) is 10.6 Å². The molecule has 1 fully saturated rings. The molecule has 1 heterocycles. The molecule has 3 N–H and O–H groups in total. The zero-order chi connectivity index (χ0) is 15.6. The fourth-order valence-corrected chi connectivity index (χ4v) is 2.67. The van der Waals surface area contributed by atoms with Gasteiger partial charge in [0, 0.05) is 18.5 Å². The third kappa shape index (κ3) is 4.10. The lowest BCUT2D eigenvalue weighted by molar-refractivity contribution is -0.123. The number of carbonyl (C=O) groups excluding carboxylic acids is 1. The van der Waals surface area contributed by atoms with Crippen molar-refractivity contribution in [3.63, 3.8) is 0 Å². The summed E-state index contributed by atoms with van der Waals surface area (Å²) in [6.45, 7) is 5.01. The molecule has 1 amide bonds. The van der Waals surface area contributed by atoms with Crippen LogP contribution >= 0.6 is 23.2 Å². The normalized spacial score (nSPS) is 22.3. The van der Waals surface area contributed by atoms with E-state index in [0.717, 1.165) is 5.56 Å². The van der Waals surface area contributed by atoms with E-state index in [9.17, 15) is 9.90 Å². The average Bonchev–Trinajstić information content (AvgIpc) is 2.86. The Morgan fingerprint density at radius 2 is 2.14 bits per heavy atom. The minimum Gasteiger partial charge on any atom is -0.392 e. The summed E-state index contributed by atoms with van der Waals surface area (Å²) < 4.78 is 0. The van der Waals surface area contributed by atoms with E-state index in [4.69, 9.17) is 23.2 Å². The second-order valence-corrected chi connectivity index (χ2v) is 6.90. The Kier molecular flexibility index (Phi) is 5.15. The molecule has 1 saturated heterocycles. The van der Waals surface area contributed by atoms with E-state index in [1.54, 1.807) is 6.07 Å². The lowest BCUT2D eigenvalue weighted by Crippen LogP contribution is -2.45. The molecule has 2 rings (SSSR count). The van der Waals surface area contributed by atoms with Crippen molar-refractivity contribution in [2.24, 2.45) is 0 Å². The van der Waals surface area contributed by atoms with Crippen molar-refractivity contribution in [3.8, 4) is 0 Å². The third-order valence-electron chi connectivity index (χ3n) is 3.83. The zero-order valence-corrected chi connectivity index (χ0v) is 13.6. The summed E-state index contributed by atoms with van der Waals surface area (Å²) in [5.41, 5.74) is 0.748. The number of β-amino-alcohol motifs (C(OH)–C–C–N with tert-alkyl or cyclic N) is 1. The molecule has 0 aromatic heterocycles. The highest BCUT2D eigenvalue weighted by molar-refractivity contribution is 6.42. The summed E-state index contributed by atoms with van der Waals surface area (Å²) in [4.78, 5) is 12.1. The molecule has 0 saturated carbocycles. The summed E-state index contributed by atoms with van der Waals surface area (Å²) in [5.74, 6) is -0.0836. The molecule has 1 aliphatic rings. The maximum atomic E-state index is 12.1. The quantitative estimate of drug-likeness (QED) is 0.792. The molecule has 0 radical (unpaired) electrons. The van der Waals surface area contributed by atoms with Crippen molar-refractivity contribution >= 4 is 29.1 Å². The lowest BCUT2D eigenvalue weighted by Gasteiger charge is -2.27. The molecular weight excluding hydrogens is 311 g/mol. The van der Waals surface area contributed by atoms with Crippen molar-refractivity contribution in [3.05, 3.63) is 33.8 Å². The molecule has 0 spiro atoms. The van der Waals surface area contributed by atoms with Gasteiger partial charge in [0.25, 0.3) is 0 Å². The average molecular weight is 331 g/mol. The highest BCUT2D eigenvalue weighted by Gasteiger charge is 2.29. The first-order valence-corrected chi connectivity index (χ1v) is 7.70. The van der Waals surface area contributed by atoms with Crippen LogP contribution in [0.2, 0.25) is 10.0 Å². The smallest absolute Gasteiger partial charge is 0.237 e. The van der Waals surface area contributed by atoms with Crippen LogP contribution < -0.4 is 10.6 Å². The number of amides is 1. The standard InChI is InChI=1S/C15H20Cl2N2O2/c1-15(2,9-3-4-11(16)12(17)5-9)8-19-14(21)13-6-10(20)7-18-13/h3-5,10,13,18,20H,6-8H2,1-2H3,(H,19,21). The Morgan fingerprint density at radius 1 is 1.43 bits per heavy atom. The molecule has 6 heteroatoms. The predicted molar refractivity (Wildman–Crippen MR) is 84.9 cm³/mol. The zero-order valence-electron chi connectivity index (χ0n) is 12.1. The number of benzene rings is 1. The second-order valence-electron chi connectivity index (χ2n) is 6.08. The Morgan fingerprint density at radius 3 is 2.71 bits per heavy atom. The van der Waals surface area contributed by atoms with Gasteiger partial charge in [0.15, 0.2) is 0 Å². The SMILES string of the molecule is CC(C)(CNC(=O)C1CC(O)CN1)c1ccc(Cl)c(Cl)c1. The Balaban J connectivity index is 1.97. The molecule has 116 valence electrons. The molecular formula is C15H20Cl2N2O2. The number of rotatable bonds is 4. The van der Waals surface area contributed by atoms with E-state index in [1.807, 2.05) is 26.0 Å². The van der Waals surface area contributed by atoms with Crippen LogP contribution in [-0.2, 0) is 10.2 Å². The van der Waals surface area contributed by atoms with Gasteiger partial charge in [0.05, 0.1) is 22.2 Å². The van der Waals surface area contributed by atoms with Gasteiger partial charge in [-0.05, 0) is 24.1 Å². The van der Waals surface area contributed by atoms with Crippen molar-refractivity contribution < 1.29 is 9.90 Å². The molecule has 1 aromatic rings. The highest BCUT2D eigenvalue weighted by Crippen LogP contribution is 2.29. The van der Waals surface area contributed by atoms with Crippen molar-refractivity contribution in [1.29, 1.82) is 0 Å². The Labute approximate surface area is 134 Å². The lowest BCUT2D eigenvalue weighted by atomic mass is 9.84. The predicted octanol–water partition coefficient (Wildman–Crippen LogP) is 2.11. The van der Waals surface area contributed by atoms with Crippen LogP contribution in [0.15, 0.2) is 18.2 Å². The molecule has 1 aromatic carbocycles. The first-order chi connectivity index (χ1) is 9.79. The first-order valence-electron chi connectivity index (χ1n) is 6.94.